The largest absolute Gasteiger partial charge is 0.382 e. The lowest BCUT2D eigenvalue weighted by molar-refractivity contribution is 0.391. The normalized spacial score (nSPS) is 11.1. The van der Waals surface area contributed by atoms with Gasteiger partial charge in [-0.2, -0.15) is 5.10 Å². The molecule has 0 atom stereocenters. The monoisotopic (exact) mass is 238 g/mol. The van der Waals surface area contributed by atoms with Gasteiger partial charge in [0.15, 0.2) is 0 Å². The van der Waals surface area contributed by atoms with E-state index in [-0.39, 0.29) is 0 Å². The number of unbranched alkanes of at least 4 members (excludes halogenated alkanes) is 3. The highest BCUT2D eigenvalue weighted by molar-refractivity contribution is 5.45. The Morgan fingerprint density at radius 3 is 2.53 bits per heavy atom. The van der Waals surface area contributed by atoms with Gasteiger partial charge in [0, 0.05) is 19.8 Å². The minimum atomic E-state index is 1.05. The summed E-state index contributed by atoms with van der Waals surface area (Å²) in [4.78, 5) is 2.25. The fourth-order valence-corrected chi connectivity index (χ4v) is 1.90. The minimum Gasteiger partial charge on any atom is -0.382 e. The zero-order valence-corrected chi connectivity index (χ0v) is 11.7. The van der Waals surface area contributed by atoms with Crippen LogP contribution in [0, 0.1) is 6.92 Å². The number of nitrogens with zero attached hydrogens (tertiary/aromatic N) is 3. The summed E-state index contributed by atoms with van der Waals surface area (Å²) in [6, 6.07) is 0. The van der Waals surface area contributed by atoms with Crippen LogP contribution >= 0.6 is 0 Å². The third kappa shape index (κ3) is 5.73. The number of aryl methyl sites for hydroxylation is 2. The first kappa shape index (κ1) is 14.0. The van der Waals surface area contributed by atoms with Crippen LogP contribution < -0.4 is 5.32 Å². The summed E-state index contributed by atoms with van der Waals surface area (Å²) in [6.45, 7) is 4.29. The Morgan fingerprint density at radius 1 is 1.24 bits per heavy atom. The molecule has 0 spiro atoms. The Bertz CT molecular complexity index is 317. The third-order valence-corrected chi connectivity index (χ3v) is 2.86. The lowest BCUT2D eigenvalue weighted by Crippen LogP contribution is -2.12. The van der Waals surface area contributed by atoms with Crippen molar-refractivity contribution >= 4 is 5.69 Å². The molecular formula is C13H26N4. The SMILES string of the molecule is Cc1nn(C)cc1NCCCCCCN(C)C. The first-order valence-corrected chi connectivity index (χ1v) is 6.48. The Morgan fingerprint density at radius 2 is 1.94 bits per heavy atom. The highest BCUT2D eigenvalue weighted by Gasteiger charge is 2.00. The van der Waals surface area contributed by atoms with Crippen LogP contribution in [0.15, 0.2) is 6.20 Å². The molecule has 1 N–H and O–H groups in total. The molecule has 0 unspecified atom stereocenters. The fourth-order valence-electron chi connectivity index (χ4n) is 1.90. The van der Waals surface area contributed by atoms with Gasteiger partial charge in [0.1, 0.15) is 0 Å². The second-order valence-electron chi connectivity index (χ2n) is 4.95. The molecular weight excluding hydrogens is 212 g/mol. The Labute approximate surface area is 105 Å². The number of rotatable bonds is 8. The summed E-state index contributed by atoms with van der Waals surface area (Å²) in [5, 5.41) is 7.75. The number of anilines is 1. The van der Waals surface area contributed by atoms with E-state index in [4.69, 9.17) is 0 Å². The standard InChI is InChI=1S/C13H26N4/c1-12-13(11-17(4)15-12)14-9-7-5-6-8-10-16(2)3/h11,14H,5-10H2,1-4H3. The van der Waals surface area contributed by atoms with Crippen LogP contribution in [0.4, 0.5) is 5.69 Å². The van der Waals surface area contributed by atoms with E-state index in [1.807, 2.05) is 24.9 Å². The van der Waals surface area contributed by atoms with Gasteiger partial charge in [-0.3, -0.25) is 4.68 Å². The predicted octanol–water partition coefficient (Wildman–Crippen LogP) is 2.26. The van der Waals surface area contributed by atoms with Crippen molar-refractivity contribution < 1.29 is 0 Å². The Hall–Kier alpha value is -1.03. The maximum absolute atomic E-state index is 4.31. The van der Waals surface area contributed by atoms with Crippen LogP contribution in [0.1, 0.15) is 31.4 Å². The van der Waals surface area contributed by atoms with Gasteiger partial charge >= 0.3 is 0 Å². The summed E-state index contributed by atoms with van der Waals surface area (Å²) in [5.74, 6) is 0. The van der Waals surface area contributed by atoms with Crippen LogP contribution in [0.25, 0.3) is 0 Å². The van der Waals surface area contributed by atoms with Crippen molar-refractivity contribution in [3.05, 3.63) is 11.9 Å². The van der Waals surface area contributed by atoms with Crippen LogP contribution in [-0.2, 0) is 7.05 Å². The van der Waals surface area contributed by atoms with E-state index < -0.39 is 0 Å². The molecule has 0 aliphatic rings. The molecule has 17 heavy (non-hydrogen) atoms. The molecule has 0 saturated heterocycles. The van der Waals surface area contributed by atoms with Gasteiger partial charge in [0.2, 0.25) is 0 Å². The van der Waals surface area contributed by atoms with Crippen LogP contribution in [0.3, 0.4) is 0 Å². The van der Waals surface area contributed by atoms with Gasteiger partial charge in [-0.15, -0.1) is 0 Å². The summed E-state index contributed by atoms with van der Waals surface area (Å²) in [6.07, 6.45) is 7.22. The molecule has 1 aromatic heterocycles. The van der Waals surface area contributed by atoms with E-state index in [1.54, 1.807) is 0 Å². The summed E-state index contributed by atoms with van der Waals surface area (Å²) in [7, 11) is 6.22. The number of hydrogen-bond donors (Lipinski definition) is 1. The molecule has 4 heteroatoms. The van der Waals surface area contributed by atoms with Crippen molar-refractivity contribution in [2.24, 2.45) is 7.05 Å². The third-order valence-electron chi connectivity index (χ3n) is 2.86. The Balaban J connectivity index is 2.03. The molecule has 98 valence electrons. The van der Waals surface area contributed by atoms with E-state index in [2.05, 4.69) is 29.4 Å². The molecule has 0 aliphatic carbocycles. The molecule has 0 saturated carbocycles. The molecule has 0 fully saturated rings. The van der Waals surface area contributed by atoms with E-state index in [0.29, 0.717) is 0 Å². The van der Waals surface area contributed by atoms with Gasteiger partial charge in [-0.05, 0) is 40.4 Å². The van der Waals surface area contributed by atoms with Gasteiger partial charge in [-0.25, -0.2) is 0 Å². The van der Waals surface area contributed by atoms with Crippen LogP contribution in [0.5, 0.6) is 0 Å². The molecule has 1 aromatic rings. The summed E-state index contributed by atoms with van der Waals surface area (Å²) >= 11 is 0. The van der Waals surface area contributed by atoms with Crippen LogP contribution in [-0.4, -0.2) is 41.9 Å². The average molecular weight is 238 g/mol. The van der Waals surface area contributed by atoms with E-state index in [9.17, 15) is 0 Å². The smallest absolute Gasteiger partial charge is 0.0824 e. The van der Waals surface area contributed by atoms with Gasteiger partial charge in [-0.1, -0.05) is 12.8 Å². The maximum Gasteiger partial charge on any atom is 0.0824 e. The predicted molar refractivity (Wildman–Crippen MR) is 73.5 cm³/mol. The number of aromatic nitrogens is 2. The first-order chi connectivity index (χ1) is 8.09. The van der Waals surface area contributed by atoms with Crippen molar-refractivity contribution in [2.45, 2.75) is 32.6 Å². The lowest BCUT2D eigenvalue weighted by atomic mass is 10.2. The molecule has 1 heterocycles. The van der Waals surface area contributed by atoms with Gasteiger partial charge in [0.05, 0.1) is 11.4 Å². The lowest BCUT2D eigenvalue weighted by Gasteiger charge is -2.09. The molecule has 0 amide bonds. The van der Waals surface area contributed by atoms with Gasteiger partial charge < -0.3 is 10.2 Å². The zero-order valence-electron chi connectivity index (χ0n) is 11.7. The topological polar surface area (TPSA) is 33.1 Å². The zero-order chi connectivity index (χ0) is 12.7. The number of nitrogens with one attached hydrogen (secondary N) is 1. The number of hydrogen-bond acceptors (Lipinski definition) is 3. The highest BCUT2D eigenvalue weighted by Crippen LogP contribution is 2.11. The van der Waals surface area contributed by atoms with Gasteiger partial charge in [0.25, 0.3) is 0 Å². The van der Waals surface area contributed by atoms with E-state index in [1.165, 1.54) is 37.9 Å². The molecule has 0 radical (unpaired) electrons. The van der Waals surface area contributed by atoms with Crippen molar-refractivity contribution in [1.82, 2.24) is 14.7 Å². The fraction of sp³-hybridized carbons (Fsp3) is 0.769. The molecule has 4 nitrogen and oxygen atoms in total. The minimum absolute atomic E-state index is 1.05. The second kappa shape index (κ2) is 7.33. The molecule has 1 rings (SSSR count). The van der Waals surface area contributed by atoms with E-state index >= 15 is 0 Å². The quantitative estimate of drug-likeness (QED) is 0.705. The summed E-state index contributed by atoms with van der Waals surface area (Å²) in [5.41, 5.74) is 2.25. The summed E-state index contributed by atoms with van der Waals surface area (Å²) < 4.78 is 1.86. The molecule has 0 aliphatic heterocycles. The maximum atomic E-state index is 4.31. The second-order valence-corrected chi connectivity index (χ2v) is 4.95. The van der Waals surface area contributed by atoms with Crippen LogP contribution in [0.2, 0.25) is 0 Å². The van der Waals surface area contributed by atoms with E-state index in [0.717, 1.165) is 12.2 Å². The van der Waals surface area contributed by atoms with Crippen molar-refractivity contribution in [3.8, 4) is 0 Å². The Kier molecular flexibility index (Phi) is 6.05. The average Bonchev–Trinajstić information content (AvgIpc) is 2.55. The highest BCUT2D eigenvalue weighted by atomic mass is 15.3. The van der Waals surface area contributed by atoms with Crippen molar-refractivity contribution in [1.29, 1.82) is 0 Å². The first-order valence-electron chi connectivity index (χ1n) is 6.48. The molecule has 0 bridgehead atoms. The van der Waals surface area contributed by atoms with Crippen molar-refractivity contribution in [3.63, 3.8) is 0 Å². The molecule has 0 aromatic carbocycles. The van der Waals surface area contributed by atoms with Crippen molar-refractivity contribution in [2.75, 3.05) is 32.5 Å².